The molecule has 0 amide bonds. The van der Waals surface area contributed by atoms with Crippen LogP contribution in [0, 0.1) is 0 Å². The van der Waals surface area contributed by atoms with Gasteiger partial charge in [0.1, 0.15) is 0 Å². The molecule has 1 aliphatic rings. The fourth-order valence-electron chi connectivity index (χ4n) is 2.79. The summed E-state index contributed by atoms with van der Waals surface area (Å²) in [5.41, 5.74) is 1.63. The zero-order valence-electron chi connectivity index (χ0n) is 10.1. The number of aliphatic carboxylic acids is 1. The van der Waals surface area contributed by atoms with Crippen LogP contribution in [0.2, 0.25) is 0 Å². The molecule has 1 unspecified atom stereocenters. The molecule has 3 heteroatoms. The zero-order valence-corrected chi connectivity index (χ0v) is 10.9. The summed E-state index contributed by atoms with van der Waals surface area (Å²) in [5.74, 6) is 0.249. The van der Waals surface area contributed by atoms with Crippen LogP contribution in [-0.2, 0) is 16.6 Å². The van der Waals surface area contributed by atoms with Crippen LogP contribution < -0.4 is 0 Å². The number of carboxylic acids is 1. The summed E-state index contributed by atoms with van der Waals surface area (Å²) in [5, 5.41) is 9.65. The Bertz CT molecular complexity index is 416. The summed E-state index contributed by atoms with van der Waals surface area (Å²) in [6, 6.07) is 8.04. The normalized spacial score (nSPS) is 23.1. The number of benzene rings is 1. The first kappa shape index (κ1) is 12.5. The first-order valence-electron chi connectivity index (χ1n) is 6.01. The van der Waals surface area contributed by atoms with Gasteiger partial charge in [0.25, 0.3) is 0 Å². The Hall–Kier alpha value is -0.960. The van der Waals surface area contributed by atoms with E-state index >= 15 is 0 Å². The largest absolute Gasteiger partial charge is 0.481 e. The Morgan fingerprint density at radius 3 is 2.94 bits per heavy atom. The van der Waals surface area contributed by atoms with Gasteiger partial charge in [-0.1, -0.05) is 24.3 Å². The smallest absolute Gasteiger partial charge is 0.314 e. The van der Waals surface area contributed by atoms with Gasteiger partial charge in [-0.25, -0.2) is 0 Å². The van der Waals surface area contributed by atoms with Crippen molar-refractivity contribution in [2.75, 3.05) is 12.0 Å². The van der Waals surface area contributed by atoms with E-state index in [0.29, 0.717) is 0 Å². The highest BCUT2D eigenvalue weighted by Crippen LogP contribution is 2.40. The average Bonchev–Trinajstić information content (AvgIpc) is 2.36. The molecule has 0 saturated carbocycles. The van der Waals surface area contributed by atoms with Crippen LogP contribution >= 0.6 is 11.8 Å². The number of hydrogen-bond acceptors (Lipinski definition) is 2. The van der Waals surface area contributed by atoms with E-state index in [1.165, 1.54) is 5.56 Å². The molecule has 1 N–H and O–H groups in total. The molecule has 1 aliphatic carbocycles. The molecule has 1 atom stereocenters. The second-order valence-corrected chi connectivity index (χ2v) is 5.63. The van der Waals surface area contributed by atoms with Crippen LogP contribution in [0.1, 0.15) is 30.4 Å². The maximum absolute atomic E-state index is 11.7. The second-order valence-electron chi connectivity index (χ2n) is 4.64. The number of fused-ring (bicyclic) bond motifs is 1. The highest BCUT2D eigenvalue weighted by atomic mass is 32.2. The lowest BCUT2D eigenvalue weighted by molar-refractivity contribution is -0.144. The van der Waals surface area contributed by atoms with Crippen molar-refractivity contribution in [3.05, 3.63) is 35.4 Å². The van der Waals surface area contributed by atoms with Crippen LogP contribution in [-0.4, -0.2) is 23.1 Å². The molecule has 17 heavy (non-hydrogen) atoms. The van der Waals surface area contributed by atoms with Gasteiger partial charge in [0, 0.05) is 0 Å². The van der Waals surface area contributed by atoms with Crippen molar-refractivity contribution in [3.63, 3.8) is 0 Å². The SMILES string of the molecule is CSCCC1(C(=O)O)CCCc2ccccc21. The highest BCUT2D eigenvalue weighted by Gasteiger charge is 2.42. The van der Waals surface area contributed by atoms with Gasteiger partial charge in [0.2, 0.25) is 0 Å². The number of rotatable bonds is 4. The van der Waals surface area contributed by atoms with E-state index in [1.54, 1.807) is 11.8 Å². The summed E-state index contributed by atoms with van der Waals surface area (Å²) < 4.78 is 0. The van der Waals surface area contributed by atoms with Gasteiger partial charge in [-0.3, -0.25) is 4.79 Å². The molecule has 0 fully saturated rings. The predicted molar refractivity (Wildman–Crippen MR) is 71.7 cm³/mol. The van der Waals surface area contributed by atoms with E-state index in [4.69, 9.17) is 0 Å². The Labute approximate surface area is 106 Å². The Morgan fingerprint density at radius 2 is 2.24 bits per heavy atom. The molecule has 92 valence electrons. The highest BCUT2D eigenvalue weighted by molar-refractivity contribution is 7.98. The molecule has 1 aromatic rings. The number of hydrogen-bond donors (Lipinski definition) is 1. The summed E-state index contributed by atoms with van der Waals surface area (Å²) in [7, 11) is 0. The number of carbonyl (C=O) groups is 1. The number of carboxylic acid groups (broad SMARTS) is 1. The molecule has 2 rings (SSSR count). The van der Waals surface area contributed by atoms with E-state index in [0.717, 1.165) is 37.0 Å². The van der Waals surface area contributed by atoms with Crippen molar-refractivity contribution >= 4 is 17.7 Å². The molecular weight excluding hydrogens is 232 g/mol. The van der Waals surface area contributed by atoms with Gasteiger partial charge in [0.15, 0.2) is 0 Å². The minimum absolute atomic E-state index is 0.641. The minimum Gasteiger partial charge on any atom is -0.481 e. The van der Waals surface area contributed by atoms with E-state index in [9.17, 15) is 9.90 Å². The fourth-order valence-corrected chi connectivity index (χ4v) is 3.34. The lowest BCUT2D eigenvalue weighted by Crippen LogP contribution is -2.39. The van der Waals surface area contributed by atoms with Gasteiger partial charge < -0.3 is 5.11 Å². The van der Waals surface area contributed by atoms with Crippen molar-refractivity contribution in [1.29, 1.82) is 0 Å². The van der Waals surface area contributed by atoms with Crippen LogP contribution in [0.5, 0.6) is 0 Å². The van der Waals surface area contributed by atoms with Crippen molar-refractivity contribution in [2.45, 2.75) is 31.1 Å². The van der Waals surface area contributed by atoms with Crippen molar-refractivity contribution in [2.24, 2.45) is 0 Å². The van der Waals surface area contributed by atoms with Crippen LogP contribution in [0.25, 0.3) is 0 Å². The molecule has 1 aromatic carbocycles. The first-order chi connectivity index (χ1) is 8.20. The number of aryl methyl sites for hydroxylation is 1. The third kappa shape index (κ3) is 2.21. The zero-order chi connectivity index (χ0) is 12.3. The van der Waals surface area contributed by atoms with Crippen LogP contribution in [0.3, 0.4) is 0 Å². The molecule has 0 aliphatic heterocycles. The van der Waals surface area contributed by atoms with Crippen molar-refractivity contribution in [3.8, 4) is 0 Å². The average molecular weight is 250 g/mol. The van der Waals surface area contributed by atoms with Gasteiger partial charge in [-0.05, 0) is 48.8 Å². The molecule has 0 radical (unpaired) electrons. The molecule has 0 heterocycles. The maximum atomic E-state index is 11.7. The molecule has 0 saturated heterocycles. The molecule has 0 spiro atoms. The Morgan fingerprint density at radius 1 is 1.47 bits per heavy atom. The quantitative estimate of drug-likeness (QED) is 0.892. The number of thioether (sulfide) groups is 1. The third-order valence-corrected chi connectivity index (χ3v) is 4.34. The summed E-state index contributed by atoms with van der Waals surface area (Å²) >= 11 is 1.72. The van der Waals surface area contributed by atoms with Gasteiger partial charge in [0.05, 0.1) is 5.41 Å². The topological polar surface area (TPSA) is 37.3 Å². The second kappa shape index (κ2) is 5.13. The van der Waals surface area contributed by atoms with Crippen molar-refractivity contribution < 1.29 is 9.90 Å². The summed E-state index contributed by atoms with van der Waals surface area (Å²) in [6.07, 6.45) is 5.55. The predicted octanol–water partition coefficient (Wildman–Crippen LogP) is 3.10. The molecule has 0 aromatic heterocycles. The van der Waals surface area contributed by atoms with E-state index in [1.807, 2.05) is 24.5 Å². The fraction of sp³-hybridized carbons (Fsp3) is 0.500. The first-order valence-corrected chi connectivity index (χ1v) is 7.41. The molecule has 0 bridgehead atoms. The monoisotopic (exact) mass is 250 g/mol. The van der Waals surface area contributed by atoms with Gasteiger partial charge >= 0.3 is 5.97 Å². The molecule has 2 nitrogen and oxygen atoms in total. The maximum Gasteiger partial charge on any atom is 0.314 e. The molecular formula is C14H18O2S. The van der Waals surface area contributed by atoms with Crippen molar-refractivity contribution in [1.82, 2.24) is 0 Å². The van der Waals surface area contributed by atoms with E-state index in [2.05, 4.69) is 6.07 Å². The van der Waals surface area contributed by atoms with Crippen LogP contribution in [0.4, 0.5) is 0 Å². The Kier molecular flexibility index (Phi) is 3.77. The third-order valence-electron chi connectivity index (χ3n) is 3.72. The van der Waals surface area contributed by atoms with E-state index < -0.39 is 11.4 Å². The van der Waals surface area contributed by atoms with Gasteiger partial charge in [-0.15, -0.1) is 0 Å². The van der Waals surface area contributed by atoms with Crippen LogP contribution in [0.15, 0.2) is 24.3 Å². The lowest BCUT2D eigenvalue weighted by Gasteiger charge is -2.35. The van der Waals surface area contributed by atoms with E-state index in [-0.39, 0.29) is 0 Å². The summed E-state index contributed by atoms with van der Waals surface area (Å²) in [4.78, 5) is 11.7. The lowest BCUT2D eigenvalue weighted by atomic mass is 9.68. The standard InChI is InChI=1S/C14H18O2S/c1-17-10-9-14(13(15)16)8-4-6-11-5-2-3-7-12(11)14/h2-3,5,7H,4,6,8-10H2,1H3,(H,15,16). The van der Waals surface area contributed by atoms with Gasteiger partial charge in [-0.2, -0.15) is 11.8 Å². The Balaban J connectivity index is 2.43. The minimum atomic E-state index is -0.654. The summed E-state index contributed by atoms with van der Waals surface area (Å²) in [6.45, 7) is 0.